The Kier molecular flexibility index (Phi) is 6.89. The molecule has 0 saturated heterocycles. The average molecular weight is 402 g/mol. The SMILES string of the molecule is Cc1cccc(CNC(=O)c2ccccc2NC(=O)C(=O)NCc2cccnc2)c1. The molecule has 2 aromatic carbocycles. The number of rotatable bonds is 6. The molecule has 152 valence electrons. The molecule has 0 aliphatic carbocycles. The van der Waals surface area contributed by atoms with Crippen molar-refractivity contribution in [2.24, 2.45) is 0 Å². The number of para-hydroxylation sites is 1. The Morgan fingerprint density at radius 1 is 0.833 bits per heavy atom. The maximum atomic E-state index is 12.6. The number of anilines is 1. The van der Waals surface area contributed by atoms with E-state index in [0.29, 0.717) is 6.54 Å². The van der Waals surface area contributed by atoms with Crippen molar-refractivity contribution in [2.75, 3.05) is 5.32 Å². The predicted molar refractivity (Wildman–Crippen MR) is 114 cm³/mol. The summed E-state index contributed by atoms with van der Waals surface area (Å²) in [4.78, 5) is 40.9. The number of nitrogens with zero attached hydrogens (tertiary/aromatic N) is 1. The fraction of sp³-hybridized carbons (Fsp3) is 0.130. The summed E-state index contributed by atoms with van der Waals surface area (Å²) in [7, 11) is 0. The van der Waals surface area contributed by atoms with E-state index in [9.17, 15) is 14.4 Å². The fourth-order valence-electron chi connectivity index (χ4n) is 2.83. The molecule has 3 rings (SSSR count). The van der Waals surface area contributed by atoms with Crippen LogP contribution in [0.3, 0.4) is 0 Å². The summed E-state index contributed by atoms with van der Waals surface area (Å²) in [5.74, 6) is -1.99. The van der Waals surface area contributed by atoms with Crippen LogP contribution in [0, 0.1) is 6.92 Å². The minimum atomic E-state index is -0.849. The molecule has 0 radical (unpaired) electrons. The number of pyridine rings is 1. The molecule has 7 heteroatoms. The lowest BCUT2D eigenvalue weighted by Gasteiger charge is -2.12. The highest BCUT2D eigenvalue weighted by Crippen LogP contribution is 2.15. The largest absolute Gasteiger partial charge is 0.348 e. The standard InChI is InChI=1S/C23H22N4O3/c1-16-6-4-7-17(12-16)14-25-21(28)19-9-2-3-10-20(19)27-23(30)22(29)26-15-18-8-5-11-24-13-18/h2-13H,14-15H2,1H3,(H,25,28)(H,26,29)(H,27,30). The number of aryl methyl sites for hydroxylation is 1. The highest BCUT2D eigenvalue weighted by Gasteiger charge is 2.17. The zero-order chi connectivity index (χ0) is 21.3. The quantitative estimate of drug-likeness (QED) is 0.552. The first-order valence-corrected chi connectivity index (χ1v) is 9.44. The molecule has 0 atom stereocenters. The van der Waals surface area contributed by atoms with Crippen molar-refractivity contribution >= 4 is 23.4 Å². The van der Waals surface area contributed by atoms with Crippen LogP contribution in [0.2, 0.25) is 0 Å². The van der Waals surface area contributed by atoms with Crippen molar-refractivity contribution in [1.29, 1.82) is 0 Å². The van der Waals surface area contributed by atoms with Gasteiger partial charge in [0.2, 0.25) is 0 Å². The van der Waals surface area contributed by atoms with Gasteiger partial charge in [-0.2, -0.15) is 0 Å². The summed E-state index contributed by atoms with van der Waals surface area (Å²) < 4.78 is 0. The molecule has 0 aliphatic rings. The molecular formula is C23H22N4O3. The van der Waals surface area contributed by atoms with E-state index in [1.807, 2.05) is 31.2 Å². The van der Waals surface area contributed by atoms with E-state index in [1.165, 1.54) is 0 Å². The highest BCUT2D eigenvalue weighted by atomic mass is 16.2. The van der Waals surface area contributed by atoms with Crippen molar-refractivity contribution in [3.8, 4) is 0 Å². The highest BCUT2D eigenvalue weighted by molar-refractivity contribution is 6.40. The third kappa shape index (κ3) is 5.75. The molecule has 0 unspecified atom stereocenters. The molecule has 1 heterocycles. The van der Waals surface area contributed by atoms with Crippen LogP contribution in [0.1, 0.15) is 27.0 Å². The molecule has 1 aromatic heterocycles. The average Bonchev–Trinajstić information content (AvgIpc) is 2.77. The first kappa shape index (κ1) is 20.7. The Balaban J connectivity index is 1.60. The van der Waals surface area contributed by atoms with Crippen LogP contribution in [-0.2, 0) is 22.7 Å². The van der Waals surface area contributed by atoms with Crippen LogP contribution >= 0.6 is 0 Å². The predicted octanol–water partition coefficient (Wildman–Crippen LogP) is 2.57. The summed E-state index contributed by atoms with van der Waals surface area (Å²) in [6.07, 6.45) is 3.23. The number of hydrogen-bond donors (Lipinski definition) is 3. The van der Waals surface area contributed by atoms with Crippen molar-refractivity contribution in [1.82, 2.24) is 15.6 Å². The second kappa shape index (κ2) is 9.97. The van der Waals surface area contributed by atoms with Crippen LogP contribution in [0.5, 0.6) is 0 Å². The molecule has 7 nitrogen and oxygen atoms in total. The van der Waals surface area contributed by atoms with Crippen LogP contribution in [0.25, 0.3) is 0 Å². The summed E-state index contributed by atoms with van der Waals surface area (Å²) in [6.45, 7) is 2.52. The van der Waals surface area contributed by atoms with Crippen LogP contribution in [-0.4, -0.2) is 22.7 Å². The lowest BCUT2D eigenvalue weighted by molar-refractivity contribution is -0.136. The molecule has 0 bridgehead atoms. The van der Waals surface area contributed by atoms with E-state index in [4.69, 9.17) is 0 Å². The molecule has 0 fully saturated rings. The van der Waals surface area contributed by atoms with Gasteiger partial charge in [-0.3, -0.25) is 19.4 Å². The van der Waals surface area contributed by atoms with Crippen molar-refractivity contribution in [3.63, 3.8) is 0 Å². The lowest BCUT2D eigenvalue weighted by atomic mass is 10.1. The number of nitrogens with one attached hydrogen (secondary N) is 3. The van der Waals surface area contributed by atoms with E-state index in [0.717, 1.165) is 16.7 Å². The zero-order valence-electron chi connectivity index (χ0n) is 16.5. The van der Waals surface area contributed by atoms with Crippen LogP contribution in [0.4, 0.5) is 5.69 Å². The van der Waals surface area contributed by atoms with Crippen LogP contribution in [0.15, 0.2) is 73.1 Å². The number of carbonyl (C=O) groups is 3. The summed E-state index contributed by atoms with van der Waals surface area (Å²) >= 11 is 0. The van der Waals surface area contributed by atoms with Gasteiger partial charge in [-0.1, -0.05) is 48.0 Å². The van der Waals surface area contributed by atoms with Gasteiger partial charge in [0.05, 0.1) is 11.3 Å². The number of hydrogen-bond acceptors (Lipinski definition) is 4. The third-order valence-corrected chi connectivity index (χ3v) is 4.34. The number of carbonyl (C=O) groups excluding carboxylic acids is 3. The first-order chi connectivity index (χ1) is 14.5. The van der Waals surface area contributed by atoms with E-state index < -0.39 is 11.8 Å². The van der Waals surface area contributed by atoms with Gasteiger partial charge in [0, 0.05) is 25.5 Å². The van der Waals surface area contributed by atoms with Crippen LogP contribution < -0.4 is 16.0 Å². The Morgan fingerprint density at radius 3 is 2.37 bits per heavy atom. The van der Waals surface area contributed by atoms with Gasteiger partial charge in [-0.25, -0.2) is 0 Å². The number of benzene rings is 2. The third-order valence-electron chi connectivity index (χ3n) is 4.34. The Labute approximate surface area is 174 Å². The van der Waals surface area contributed by atoms with Gasteiger partial charge in [0.25, 0.3) is 5.91 Å². The Hall–Kier alpha value is -4.00. The monoisotopic (exact) mass is 402 g/mol. The molecule has 3 N–H and O–H groups in total. The molecule has 0 aliphatic heterocycles. The molecular weight excluding hydrogens is 380 g/mol. The zero-order valence-corrected chi connectivity index (χ0v) is 16.5. The molecule has 3 amide bonds. The van der Waals surface area contributed by atoms with Gasteiger partial charge in [0.1, 0.15) is 0 Å². The summed E-state index contributed by atoms with van der Waals surface area (Å²) in [6, 6.07) is 17.9. The Morgan fingerprint density at radius 2 is 1.60 bits per heavy atom. The topological polar surface area (TPSA) is 100 Å². The van der Waals surface area contributed by atoms with Gasteiger partial charge in [0.15, 0.2) is 0 Å². The maximum Gasteiger partial charge on any atom is 0.313 e. The van der Waals surface area contributed by atoms with Crippen molar-refractivity contribution in [2.45, 2.75) is 20.0 Å². The summed E-state index contributed by atoms with van der Waals surface area (Å²) in [5.41, 5.74) is 3.39. The summed E-state index contributed by atoms with van der Waals surface area (Å²) in [5, 5.41) is 7.87. The van der Waals surface area contributed by atoms with Gasteiger partial charge >= 0.3 is 11.8 Å². The molecule has 0 saturated carbocycles. The second-order valence-electron chi connectivity index (χ2n) is 6.72. The number of aromatic nitrogens is 1. The van der Waals surface area contributed by atoms with Crippen molar-refractivity contribution in [3.05, 3.63) is 95.3 Å². The maximum absolute atomic E-state index is 12.6. The Bertz CT molecular complexity index is 1050. The second-order valence-corrected chi connectivity index (χ2v) is 6.72. The normalized spacial score (nSPS) is 10.2. The first-order valence-electron chi connectivity index (χ1n) is 9.44. The molecule has 3 aromatic rings. The van der Waals surface area contributed by atoms with Gasteiger partial charge < -0.3 is 16.0 Å². The minimum Gasteiger partial charge on any atom is -0.348 e. The van der Waals surface area contributed by atoms with Gasteiger partial charge in [-0.05, 0) is 36.2 Å². The van der Waals surface area contributed by atoms with Gasteiger partial charge in [-0.15, -0.1) is 0 Å². The van der Waals surface area contributed by atoms with E-state index >= 15 is 0 Å². The smallest absolute Gasteiger partial charge is 0.313 e. The van der Waals surface area contributed by atoms with E-state index in [2.05, 4.69) is 20.9 Å². The van der Waals surface area contributed by atoms with E-state index in [1.54, 1.807) is 48.8 Å². The minimum absolute atomic E-state index is 0.179. The van der Waals surface area contributed by atoms with E-state index in [-0.39, 0.29) is 23.7 Å². The molecule has 0 spiro atoms. The lowest BCUT2D eigenvalue weighted by Crippen LogP contribution is -2.35. The van der Waals surface area contributed by atoms with Crippen molar-refractivity contribution < 1.29 is 14.4 Å². The molecule has 30 heavy (non-hydrogen) atoms. The number of amides is 3. The fourth-order valence-corrected chi connectivity index (χ4v) is 2.83.